The van der Waals surface area contributed by atoms with Crippen molar-refractivity contribution in [3.05, 3.63) is 0 Å². The molecular formula is C9H18N2O3S2. The van der Waals surface area contributed by atoms with E-state index in [2.05, 4.69) is 5.32 Å². The molecule has 0 radical (unpaired) electrons. The minimum absolute atomic E-state index is 0.102. The molecule has 94 valence electrons. The number of thiocarbonyl (C=S) groups is 1. The average molecular weight is 266 g/mol. The number of carbonyl (C=O) groups is 1. The normalized spacial score (nSPS) is 13.3. The van der Waals surface area contributed by atoms with Crippen LogP contribution in [0.2, 0.25) is 0 Å². The third-order valence-corrected chi connectivity index (χ3v) is 5.07. The van der Waals surface area contributed by atoms with Crippen molar-refractivity contribution in [1.82, 2.24) is 5.32 Å². The monoisotopic (exact) mass is 266 g/mol. The van der Waals surface area contributed by atoms with Crippen molar-refractivity contribution in [3.63, 3.8) is 0 Å². The van der Waals surface area contributed by atoms with Crippen LogP contribution in [0, 0.1) is 0 Å². The molecule has 0 rings (SSSR count). The molecule has 0 unspecified atom stereocenters. The van der Waals surface area contributed by atoms with Crippen LogP contribution in [0.4, 0.5) is 0 Å². The van der Waals surface area contributed by atoms with Gasteiger partial charge in [0, 0.05) is 6.26 Å². The second kappa shape index (κ2) is 4.29. The first-order chi connectivity index (χ1) is 6.82. The minimum Gasteiger partial charge on any atom is -0.391 e. The topological polar surface area (TPSA) is 89.3 Å². The van der Waals surface area contributed by atoms with Gasteiger partial charge in [0.2, 0.25) is 5.91 Å². The predicted octanol–water partition coefficient (Wildman–Crippen LogP) is -0.00950. The summed E-state index contributed by atoms with van der Waals surface area (Å²) in [5.74, 6) is -0.618. The highest BCUT2D eigenvalue weighted by Gasteiger charge is 2.41. The van der Waals surface area contributed by atoms with E-state index < -0.39 is 26.0 Å². The van der Waals surface area contributed by atoms with E-state index in [0.717, 1.165) is 6.26 Å². The van der Waals surface area contributed by atoms with Crippen molar-refractivity contribution in [2.75, 3.05) is 6.26 Å². The summed E-state index contributed by atoms with van der Waals surface area (Å²) in [7, 11) is -3.50. The Bertz CT molecular complexity index is 410. The van der Waals surface area contributed by atoms with Crippen LogP contribution in [-0.4, -0.2) is 35.9 Å². The summed E-state index contributed by atoms with van der Waals surface area (Å²) in [6.07, 6.45) is 1.01. The quantitative estimate of drug-likeness (QED) is 0.699. The lowest BCUT2D eigenvalue weighted by atomic mass is 10.0. The second-order valence-electron chi connectivity index (χ2n) is 4.73. The number of hydrogen-bond donors (Lipinski definition) is 2. The van der Waals surface area contributed by atoms with Gasteiger partial charge in [-0.15, -0.1) is 0 Å². The summed E-state index contributed by atoms with van der Waals surface area (Å²) in [5.41, 5.74) is 4.53. The number of carbonyl (C=O) groups excluding carboxylic acids is 1. The highest BCUT2D eigenvalue weighted by atomic mass is 32.2. The maximum Gasteiger partial charge on any atom is 0.241 e. The molecule has 0 bridgehead atoms. The lowest BCUT2D eigenvalue weighted by Gasteiger charge is -2.30. The van der Waals surface area contributed by atoms with Crippen LogP contribution in [0.1, 0.15) is 27.7 Å². The Morgan fingerprint density at radius 1 is 1.25 bits per heavy atom. The van der Waals surface area contributed by atoms with Gasteiger partial charge in [-0.3, -0.25) is 4.79 Å². The number of rotatable bonds is 4. The third-order valence-electron chi connectivity index (χ3n) is 2.52. The van der Waals surface area contributed by atoms with E-state index in [9.17, 15) is 13.2 Å². The molecule has 3 N–H and O–H groups in total. The van der Waals surface area contributed by atoms with Crippen LogP contribution < -0.4 is 11.1 Å². The first-order valence-electron chi connectivity index (χ1n) is 4.64. The lowest BCUT2D eigenvalue weighted by molar-refractivity contribution is -0.123. The fourth-order valence-corrected chi connectivity index (χ4v) is 1.10. The Labute approximate surface area is 102 Å². The molecule has 0 aromatic heterocycles. The minimum atomic E-state index is -3.50. The fraction of sp³-hybridized carbons (Fsp3) is 0.778. The Morgan fingerprint density at radius 3 is 1.88 bits per heavy atom. The van der Waals surface area contributed by atoms with E-state index in [4.69, 9.17) is 18.0 Å². The molecule has 0 aliphatic heterocycles. The van der Waals surface area contributed by atoms with Crippen LogP contribution >= 0.6 is 12.2 Å². The van der Waals surface area contributed by atoms with Crippen molar-refractivity contribution in [3.8, 4) is 0 Å². The van der Waals surface area contributed by atoms with Gasteiger partial charge in [0.05, 0.1) is 10.5 Å². The highest BCUT2D eigenvalue weighted by Crippen LogP contribution is 2.17. The summed E-state index contributed by atoms with van der Waals surface area (Å²) in [5, 5.41) is 2.52. The molecule has 0 aliphatic carbocycles. The third kappa shape index (κ3) is 3.15. The number of amides is 1. The molecule has 0 saturated heterocycles. The van der Waals surface area contributed by atoms with Crippen molar-refractivity contribution in [2.24, 2.45) is 5.73 Å². The maximum atomic E-state index is 11.8. The van der Waals surface area contributed by atoms with Gasteiger partial charge in [-0.2, -0.15) is 0 Å². The number of hydrogen-bond acceptors (Lipinski definition) is 4. The Balaban J connectivity index is 5.08. The van der Waals surface area contributed by atoms with Gasteiger partial charge >= 0.3 is 0 Å². The first-order valence-corrected chi connectivity index (χ1v) is 6.94. The van der Waals surface area contributed by atoms with Crippen molar-refractivity contribution in [1.29, 1.82) is 0 Å². The van der Waals surface area contributed by atoms with Crippen LogP contribution in [-0.2, 0) is 14.6 Å². The molecule has 0 spiro atoms. The summed E-state index contributed by atoms with van der Waals surface area (Å²) >= 11 is 4.78. The smallest absolute Gasteiger partial charge is 0.241 e. The zero-order chi connectivity index (χ0) is 13.4. The van der Waals surface area contributed by atoms with E-state index in [-0.39, 0.29) is 4.99 Å². The molecule has 16 heavy (non-hydrogen) atoms. The van der Waals surface area contributed by atoms with Crippen molar-refractivity contribution >= 4 is 33.0 Å². The van der Waals surface area contributed by atoms with E-state index in [1.165, 1.54) is 13.8 Å². The SMILES string of the molecule is CC(C)(NC(=O)C(C)(C)S(C)(=O)=O)C(N)=S. The average Bonchev–Trinajstić information content (AvgIpc) is 2.00. The lowest BCUT2D eigenvalue weighted by Crippen LogP contribution is -2.58. The molecule has 0 aliphatic rings. The van der Waals surface area contributed by atoms with E-state index in [0.29, 0.717) is 0 Å². The number of nitrogens with two attached hydrogens (primary N) is 1. The summed E-state index contributed by atoms with van der Waals surface area (Å²) in [6, 6.07) is 0. The van der Waals surface area contributed by atoms with Gasteiger partial charge in [-0.05, 0) is 27.7 Å². The zero-order valence-corrected chi connectivity index (χ0v) is 11.8. The first kappa shape index (κ1) is 15.3. The highest BCUT2D eigenvalue weighted by molar-refractivity contribution is 7.92. The van der Waals surface area contributed by atoms with Crippen LogP contribution in [0.15, 0.2) is 0 Å². The molecule has 0 saturated carbocycles. The predicted molar refractivity (Wildman–Crippen MR) is 67.9 cm³/mol. The van der Waals surface area contributed by atoms with Gasteiger partial charge in [0.1, 0.15) is 4.75 Å². The van der Waals surface area contributed by atoms with Crippen molar-refractivity contribution in [2.45, 2.75) is 38.0 Å². The molecular weight excluding hydrogens is 248 g/mol. The molecule has 5 nitrogen and oxygen atoms in total. The Kier molecular flexibility index (Phi) is 4.10. The van der Waals surface area contributed by atoms with E-state index in [1.807, 2.05) is 0 Å². The van der Waals surface area contributed by atoms with Crippen molar-refractivity contribution < 1.29 is 13.2 Å². The Hall–Kier alpha value is -0.690. The van der Waals surface area contributed by atoms with Gasteiger partial charge in [-0.25, -0.2) is 8.42 Å². The second-order valence-corrected chi connectivity index (χ2v) is 7.73. The molecule has 7 heteroatoms. The largest absolute Gasteiger partial charge is 0.391 e. The van der Waals surface area contributed by atoms with Gasteiger partial charge in [0.25, 0.3) is 0 Å². The molecule has 0 aromatic carbocycles. The molecule has 0 heterocycles. The van der Waals surface area contributed by atoms with Gasteiger partial charge < -0.3 is 11.1 Å². The number of sulfone groups is 1. The molecule has 0 aromatic rings. The van der Waals surface area contributed by atoms with Crippen LogP contribution in [0.25, 0.3) is 0 Å². The molecule has 0 atom stereocenters. The molecule has 1 amide bonds. The van der Waals surface area contributed by atoms with E-state index >= 15 is 0 Å². The number of nitrogens with one attached hydrogen (secondary N) is 1. The van der Waals surface area contributed by atoms with Gasteiger partial charge in [-0.1, -0.05) is 12.2 Å². The summed E-state index contributed by atoms with van der Waals surface area (Å²) in [4.78, 5) is 11.9. The Morgan fingerprint density at radius 2 is 1.62 bits per heavy atom. The maximum absolute atomic E-state index is 11.8. The summed E-state index contributed by atoms with van der Waals surface area (Å²) < 4.78 is 21.3. The zero-order valence-electron chi connectivity index (χ0n) is 10.1. The van der Waals surface area contributed by atoms with Gasteiger partial charge in [0.15, 0.2) is 9.84 Å². The molecule has 0 fully saturated rings. The van der Waals surface area contributed by atoms with Crippen LogP contribution in [0.3, 0.4) is 0 Å². The van der Waals surface area contributed by atoms with E-state index in [1.54, 1.807) is 13.8 Å². The standard InChI is InChI=1S/C9H18N2O3S2/c1-8(2,6(10)15)11-7(12)9(3,4)16(5,13)14/h1-5H3,(H2,10,15)(H,11,12). The fourth-order valence-electron chi connectivity index (χ4n) is 0.664. The summed E-state index contributed by atoms with van der Waals surface area (Å²) in [6.45, 7) is 5.91. The van der Waals surface area contributed by atoms with Crippen LogP contribution in [0.5, 0.6) is 0 Å².